The number of nitrogens with zero attached hydrogens (tertiary/aromatic N) is 4. The molecule has 0 aliphatic rings. The van der Waals surface area contributed by atoms with Crippen molar-refractivity contribution in [1.82, 2.24) is 19.3 Å². The van der Waals surface area contributed by atoms with Crippen molar-refractivity contribution in [2.24, 2.45) is 0 Å². The van der Waals surface area contributed by atoms with Crippen molar-refractivity contribution in [1.29, 1.82) is 0 Å². The highest BCUT2D eigenvalue weighted by atomic mass is 32.1. The van der Waals surface area contributed by atoms with Crippen LogP contribution in [0.1, 0.15) is 27.4 Å². The highest BCUT2D eigenvalue weighted by Crippen LogP contribution is 2.25. The molecule has 0 spiro atoms. The van der Waals surface area contributed by atoms with Crippen LogP contribution in [0.25, 0.3) is 0 Å². The highest BCUT2D eigenvalue weighted by molar-refractivity contribution is 7.10. The first-order chi connectivity index (χ1) is 13.0. The predicted octanol–water partition coefficient (Wildman–Crippen LogP) is 2.67. The van der Waals surface area contributed by atoms with Gasteiger partial charge in [-0.1, -0.05) is 17.7 Å². The fourth-order valence-electron chi connectivity index (χ4n) is 2.31. The summed E-state index contributed by atoms with van der Waals surface area (Å²) in [5, 5.41) is 6.63. The molecule has 0 aliphatic heterocycles. The third kappa shape index (κ3) is 4.47. The smallest absolute Gasteiger partial charge is 0.343 e. The van der Waals surface area contributed by atoms with Crippen LogP contribution in [0.3, 0.4) is 0 Å². The molecule has 0 aliphatic carbocycles. The Morgan fingerprint density at radius 1 is 1.19 bits per heavy atom. The number of aryl methyl sites for hydroxylation is 2. The first-order valence-electron chi connectivity index (χ1n) is 8.11. The van der Waals surface area contributed by atoms with Crippen molar-refractivity contribution in [2.45, 2.75) is 20.5 Å². The van der Waals surface area contributed by atoms with Gasteiger partial charge in [-0.3, -0.25) is 0 Å². The summed E-state index contributed by atoms with van der Waals surface area (Å²) < 4.78 is 9.48. The third-order valence-electron chi connectivity index (χ3n) is 3.63. The minimum atomic E-state index is -0.502. The highest BCUT2D eigenvalue weighted by Gasteiger charge is 2.19. The number of aromatic nitrogens is 4. The lowest BCUT2D eigenvalue weighted by Gasteiger charge is -2.08. The summed E-state index contributed by atoms with van der Waals surface area (Å²) in [6, 6.07) is 7.74. The van der Waals surface area contributed by atoms with Gasteiger partial charge in [0.05, 0.1) is 5.69 Å². The van der Waals surface area contributed by atoms with Crippen molar-refractivity contribution in [3.05, 3.63) is 46.9 Å². The largest absolute Gasteiger partial charge is 0.454 e. The summed E-state index contributed by atoms with van der Waals surface area (Å²) in [5.41, 5.74) is 8.71. The summed E-state index contributed by atoms with van der Waals surface area (Å²) in [4.78, 5) is 24.7. The predicted molar refractivity (Wildman–Crippen MR) is 104 cm³/mol. The van der Waals surface area contributed by atoms with Gasteiger partial charge in [-0.15, -0.1) is 0 Å². The first-order valence-corrected chi connectivity index (χ1v) is 8.89. The molecule has 0 fully saturated rings. The fraction of sp³-hybridized carbons (Fsp3) is 0.235. The molecule has 0 saturated carbocycles. The number of nitrogens with one attached hydrogen (secondary N) is 2. The van der Waals surface area contributed by atoms with Gasteiger partial charge < -0.3 is 21.1 Å². The van der Waals surface area contributed by atoms with E-state index < -0.39 is 5.97 Å². The van der Waals surface area contributed by atoms with Gasteiger partial charge in [0.15, 0.2) is 12.4 Å². The number of anilines is 4. The van der Waals surface area contributed by atoms with E-state index in [2.05, 4.69) is 30.0 Å². The monoisotopic (exact) mass is 385 g/mol. The summed E-state index contributed by atoms with van der Waals surface area (Å²) in [6.07, 6.45) is 0. The number of esters is 1. The number of rotatable bonds is 6. The Morgan fingerprint density at radius 2 is 1.93 bits per heavy atom. The molecule has 0 bridgehead atoms. The maximum Gasteiger partial charge on any atom is 0.343 e. The van der Waals surface area contributed by atoms with Gasteiger partial charge in [-0.05, 0) is 37.5 Å². The average molecular weight is 385 g/mol. The molecule has 0 radical (unpaired) electrons. The summed E-state index contributed by atoms with van der Waals surface area (Å²) in [5.74, 6) is 0.0617. The molecule has 0 unspecified atom stereocenters. The number of nitrogens with two attached hydrogens (primary N) is 1. The number of benzene rings is 1. The normalized spacial score (nSPS) is 10.5. The minimum Gasteiger partial charge on any atom is -0.454 e. The molecule has 27 heavy (non-hydrogen) atoms. The van der Waals surface area contributed by atoms with E-state index in [9.17, 15) is 4.79 Å². The van der Waals surface area contributed by atoms with Crippen LogP contribution in [0, 0.1) is 13.8 Å². The average Bonchev–Trinajstić information content (AvgIpc) is 3.02. The van der Waals surface area contributed by atoms with Gasteiger partial charge in [0.1, 0.15) is 10.6 Å². The Labute approximate surface area is 160 Å². The van der Waals surface area contributed by atoms with Crippen molar-refractivity contribution in [3.8, 4) is 0 Å². The molecule has 140 valence electrons. The number of ether oxygens (including phenoxy) is 1. The van der Waals surface area contributed by atoms with Gasteiger partial charge in [0.25, 0.3) is 0 Å². The fourth-order valence-corrected chi connectivity index (χ4v) is 3.04. The van der Waals surface area contributed by atoms with Crippen molar-refractivity contribution in [3.63, 3.8) is 0 Å². The van der Waals surface area contributed by atoms with Crippen molar-refractivity contribution < 1.29 is 9.53 Å². The molecule has 10 heteroatoms. The molecule has 4 N–H and O–H groups in total. The number of nitrogen functional groups attached to an aromatic ring is 1. The summed E-state index contributed by atoms with van der Waals surface area (Å²) in [7, 11) is 1.72. The second kappa shape index (κ2) is 7.96. The maximum atomic E-state index is 12.4. The van der Waals surface area contributed by atoms with E-state index in [0.29, 0.717) is 16.3 Å². The molecule has 3 aromatic rings. The Bertz CT molecular complexity index is 956. The zero-order valence-electron chi connectivity index (χ0n) is 15.1. The number of hydrogen-bond acceptors (Lipinski definition) is 10. The van der Waals surface area contributed by atoms with E-state index in [1.165, 1.54) is 11.5 Å². The molecule has 3 rings (SSSR count). The molecular weight excluding hydrogens is 366 g/mol. The van der Waals surface area contributed by atoms with Crippen LogP contribution in [0.5, 0.6) is 0 Å². The van der Waals surface area contributed by atoms with E-state index in [1.54, 1.807) is 14.0 Å². The van der Waals surface area contributed by atoms with Crippen LogP contribution >= 0.6 is 11.5 Å². The van der Waals surface area contributed by atoms with E-state index in [1.807, 2.05) is 31.2 Å². The van der Waals surface area contributed by atoms with Crippen LogP contribution in [0.4, 0.5) is 22.6 Å². The SMILES string of the molecule is CNc1snc(C)c1C(=O)OCc1nc(N)nc(Nc2ccc(C)cc2)n1. The lowest BCUT2D eigenvalue weighted by atomic mass is 10.2. The lowest BCUT2D eigenvalue weighted by molar-refractivity contribution is 0.0462. The van der Waals surface area contributed by atoms with Crippen LogP contribution in [0.15, 0.2) is 24.3 Å². The standard InChI is InChI=1S/C17H19N7O2S/c1-9-4-6-11(7-5-9)20-17-22-12(21-16(18)23-17)8-26-15(25)13-10(2)24-27-14(13)19-3/h4-7,19H,8H2,1-3H3,(H3,18,20,21,22,23). The van der Waals surface area contributed by atoms with E-state index in [0.717, 1.165) is 11.3 Å². The zero-order valence-corrected chi connectivity index (χ0v) is 15.9. The van der Waals surface area contributed by atoms with Gasteiger partial charge in [-0.25, -0.2) is 4.79 Å². The Balaban J connectivity index is 1.71. The zero-order chi connectivity index (χ0) is 19.4. The van der Waals surface area contributed by atoms with Gasteiger partial charge in [0, 0.05) is 12.7 Å². The molecular formula is C17H19N7O2S. The van der Waals surface area contributed by atoms with Gasteiger partial charge in [0.2, 0.25) is 11.9 Å². The van der Waals surface area contributed by atoms with Crippen LogP contribution in [0.2, 0.25) is 0 Å². The molecule has 1 aromatic carbocycles. The summed E-state index contributed by atoms with van der Waals surface area (Å²) >= 11 is 1.20. The Morgan fingerprint density at radius 3 is 2.63 bits per heavy atom. The number of carbonyl (C=O) groups excluding carboxylic acids is 1. The second-order valence-electron chi connectivity index (χ2n) is 5.72. The van der Waals surface area contributed by atoms with E-state index >= 15 is 0 Å². The van der Waals surface area contributed by atoms with Crippen LogP contribution in [-0.2, 0) is 11.3 Å². The second-order valence-corrected chi connectivity index (χ2v) is 6.50. The first kappa shape index (κ1) is 18.5. The van der Waals surface area contributed by atoms with Crippen LogP contribution < -0.4 is 16.4 Å². The third-order valence-corrected chi connectivity index (χ3v) is 4.59. The maximum absolute atomic E-state index is 12.4. The minimum absolute atomic E-state index is 0.0370. The Hall–Kier alpha value is -3.27. The van der Waals surface area contributed by atoms with E-state index in [-0.39, 0.29) is 24.3 Å². The van der Waals surface area contributed by atoms with E-state index in [4.69, 9.17) is 10.5 Å². The lowest BCUT2D eigenvalue weighted by Crippen LogP contribution is -2.12. The molecule has 9 nitrogen and oxygen atoms in total. The van der Waals surface area contributed by atoms with Gasteiger partial charge in [-0.2, -0.15) is 19.3 Å². The quantitative estimate of drug-likeness (QED) is 0.548. The van der Waals surface area contributed by atoms with Crippen molar-refractivity contribution in [2.75, 3.05) is 23.4 Å². The number of hydrogen-bond donors (Lipinski definition) is 3. The van der Waals surface area contributed by atoms with Gasteiger partial charge >= 0.3 is 5.97 Å². The topological polar surface area (TPSA) is 128 Å². The molecule has 2 aromatic heterocycles. The number of carbonyl (C=O) groups is 1. The molecule has 0 amide bonds. The summed E-state index contributed by atoms with van der Waals surface area (Å²) in [6.45, 7) is 3.62. The van der Waals surface area contributed by atoms with Crippen LogP contribution in [-0.4, -0.2) is 32.3 Å². The Kier molecular flexibility index (Phi) is 5.46. The molecule has 2 heterocycles. The van der Waals surface area contributed by atoms with Crippen molar-refractivity contribution >= 4 is 40.1 Å². The molecule has 0 saturated heterocycles. The molecule has 0 atom stereocenters.